The second-order valence-corrected chi connectivity index (χ2v) is 7.85. The minimum Gasteiger partial charge on any atom is -0.494 e. The summed E-state index contributed by atoms with van der Waals surface area (Å²) in [6.45, 7) is 2.53. The summed E-state index contributed by atoms with van der Waals surface area (Å²) in [4.78, 5) is 27.2. The Morgan fingerprint density at radius 1 is 1.30 bits per heavy atom. The zero-order valence-electron chi connectivity index (χ0n) is 17.5. The molecule has 30 heavy (non-hydrogen) atoms. The number of benzene rings is 1. The topological polar surface area (TPSA) is 89.1 Å². The molecule has 1 aromatic carbocycles. The molecule has 166 valence electrons. The molecule has 2 N–H and O–H groups in total. The zero-order valence-corrected chi connectivity index (χ0v) is 17.5. The number of nitrogens with zero attached hydrogens (tertiary/aromatic N) is 1. The quantitative estimate of drug-likeness (QED) is 0.703. The number of carbonyl (C=O) groups is 2. The molecule has 0 bridgehead atoms. The van der Waals surface area contributed by atoms with Crippen LogP contribution in [0.4, 0.5) is 14.9 Å². The normalized spacial score (nSPS) is 22.0. The molecular weight excluding hydrogens is 393 g/mol. The van der Waals surface area contributed by atoms with Crippen LogP contribution in [0.3, 0.4) is 0 Å². The molecule has 1 unspecified atom stereocenters. The van der Waals surface area contributed by atoms with Crippen molar-refractivity contribution >= 4 is 17.6 Å². The van der Waals surface area contributed by atoms with Crippen LogP contribution in [0.1, 0.15) is 25.7 Å². The minimum absolute atomic E-state index is 0.00823. The third-order valence-corrected chi connectivity index (χ3v) is 5.81. The van der Waals surface area contributed by atoms with Crippen molar-refractivity contribution in [2.75, 3.05) is 52.4 Å². The summed E-state index contributed by atoms with van der Waals surface area (Å²) in [5.41, 5.74) is -0.188. The number of anilines is 1. The molecule has 3 rings (SSSR count). The van der Waals surface area contributed by atoms with Gasteiger partial charge in [-0.05, 0) is 37.8 Å². The van der Waals surface area contributed by atoms with Crippen LogP contribution >= 0.6 is 0 Å². The number of methoxy groups -OCH3 is 2. The average molecular weight is 423 g/mol. The van der Waals surface area contributed by atoms with Gasteiger partial charge in [0, 0.05) is 57.7 Å². The number of hydrogen-bond acceptors (Lipinski definition) is 5. The van der Waals surface area contributed by atoms with Gasteiger partial charge in [-0.3, -0.25) is 4.79 Å². The molecule has 2 aliphatic heterocycles. The number of nitrogens with one attached hydrogen (secondary N) is 2. The van der Waals surface area contributed by atoms with Crippen LogP contribution < -0.4 is 15.4 Å². The van der Waals surface area contributed by atoms with Crippen LogP contribution in [0.15, 0.2) is 18.2 Å². The van der Waals surface area contributed by atoms with Gasteiger partial charge in [0.15, 0.2) is 11.6 Å². The van der Waals surface area contributed by atoms with Crippen molar-refractivity contribution in [3.8, 4) is 5.75 Å². The average Bonchev–Trinajstić information content (AvgIpc) is 3.17. The van der Waals surface area contributed by atoms with Gasteiger partial charge in [-0.1, -0.05) is 0 Å². The third-order valence-electron chi connectivity index (χ3n) is 5.81. The molecule has 0 saturated carbocycles. The van der Waals surface area contributed by atoms with E-state index in [0.717, 1.165) is 0 Å². The Bertz CT molecular complexity index is 756. The number of carbonyl (C=O) groups excluding carboxylic acids is 2. The van der Waals surface area contributed by atoms with Crippen molar-refractivity contribution in [2.45, 2.75) is 31.2 Å². The van der Waals surface area contributed by atoms with E-state index in [0.29, 0.717) is 64.3 Å². The lowest BCUT2D eigenvalue weighted by atomic mass is 9.91. The van der Waals surface area contributed by atoms with Gasteiger partial charge < -0.3 is 29.7 Å². The first-order valence-corrected chi connectivity index (χ1v) is 10.2. The molecule has 1 atom stereocenters. The Labute approximate surface area is 176 Å². The summed E-state index contributed by atoms with van der Waals surface area (Å²) in [5.74, 6) is -0.490. The van der Waals surface area contributed by atoms with Crippen molar-refractivity contribution in [1.82, 2.24) is 10.2 Å². The van der Waals surface area contributed by atoms with Crippen molar-refractivity contribution < 1.29 is 28.2 Å². The maximum Gasteiger partial charge on any atom is 0.321 e. The van der Waals surface area contributed by atoms with E-state index < -0.39 is 11.4 Å². The van der Waals surface area contributed by atoms with Gasteiger partial charge in [-0.15, -0.1) is 0 Å². The molecule has 2 saturated heterocycles. The van der Waals surface area contributed by atoms with Gasteiger partial charge in [-0.2, -0.15) is 0 Å². The Morgan fingerprint density at radius 2 is 2.07 bits per heavy atom. The summed E-state index contributed by atoms with van der Waals surface area (Å²) >= 11 is 0. The van der Waals surface area contributed by atoms with Crippen LogP contribution in [-0.4, -0.2) is 69.5 Å². The number of hydrogen-bond donors (Lipinski definition) is 2. The number of ether oxygens (including phenoxy) is 3. The lowest BCUT2D eigenvalue weighted by Crippen LogP contribution is -2.54. The van der Waals surface area contributed by atoms with Gasteiger partial charge in [0.2, 0.25) is 5.91 Å². The Hall–Kier alpha value is -2.39. The molecule has 0 radical (unpaired) electrons. The van der Waals surface area contributed by atoms with Crippen LogP contribution in [0, 0.1) is 11.7 Å². The van der Waals surface area contributed by atoms with E-state index in [1.165, 1.54) is 19.2 Å². The maximum absolute atomic E-state index is 13.9. The highest BCUT2D eigenvalue weighted by Gasteiger charge is 2.42. The molecule has 9 heteroatoms. The van der Waals surface area contributed by atoms with Crippen LogP contribution in [0.25, 0.3) is 0 Å². The van der Waals surface area contributed by atoms with Crippen molar-refractivity contribution in [3.05, 3.63) is 24.0 Å². The molecule has 2 fully saturated rings. The SMILES string of the molecule is COCCC1(NC(=O)C2CCOCC2)CCN(C(=O)Nc2ccc(OC)c(F)c2)C1. The maximum atomic E-state index is 13.9. The number of urea groups is 1. The second-order valence-electron chi connectivity index (χ2n) is 7.85. The van der Waals surface area contributed by atoms with Gasteiger partial charge >= 0.3 is 6.03 Å². The highest BCUT2D eigenvalue weighted by Crippen LogP contribution is 2.28. The lowest BCUT2D eigenvalue weighted by molar-refractivity contribution is -0.130. The predicted molar refractivity (Wildman–Crippen MR) is 109 cm³/mol. The van der Waals surface area contributed by atoms with Crippen LogP contribution in [0.2, 0.25) is 0 Å². The van der Waals surface area contributed by atoms with E-state index in [1.807, 2.05) is 0 Å². The van der Waals surface area contributed by atoms with Crippen molar-refractivity contribution in [1.29, 1.82) is 0 Å². The Morgan fingerprint density at radius 3 is 2.73 bits per heavy atom. The van der Waals surface area contributed by atoms with Gasteiger partial charge in [-0.25, -0.2) is 9.18 Å². The zero-order chi connectivity index (χ0) is 21.6. The van der Waals surface area contributed by atoms with Gasteiger partial charge in [0.05, 0.1) is 12.6 Å². The van der Waals surface area contributed by atoms with E-state index in [2.05, 4.69) is 10.6 Å². The number of halogens is 1. The summed E-state index contributed by atoms with van der Waals surface area (Å²) in [6, 6.07) is 3.93. The van der Waals surface area contributed by atoms with Gasteiger partial charge in [0.25, 0.3) is 0 Å². The van der Waals surface area contributed by atoms with Crippen molar-refractivity contribution in [2.24, 2.45) is 5.92 Å². The fourth-order valence-corrected chi connectivity index (χ4v) is 3.98. The fraction of sp³-hybridized carbons (Fsp3) is 0.619. The van der Waals surface area contributed by atoms with Crippen LogP contribution in [0.5, 0.6) is 5.75 Å². The highest BCUT2D eigenvalue weighted by atomic mass is 19.1. The molecule has 0 aliphatic carbocycles. The van der Waals surface area contributed by atoms with Gasteiger partial charge in [0.1, 0.15) is 0 Å². The first kappa shape index (κ1) is 22.3. The molecule has 3 amide bonds. The van der Waals surface area contributed by atoms with E-state index in [9.17, 15) is 14.0 Å². The lowest BCUT2D eigenvalue weighted by Gasteiger charge is -2.33. The molecule has 8 nitrogen and oxygen atoms in total. The number of likely N-dealkylation sites (tertiary alicyclic amines) is 1. The monoisotopic (exact) mass is 423 g/mol. The molecule has 0 aromatic heterocycles. The third kappa shape index (κ3) is 5.40. The first-order chi connectivity index (χ1) is 14.5. The standard InChI is InChI=1S/C21H30FN3O5/c1-28-12-8-21(24-19(26)15-5-10-30-11-6-15)7-9-25(14-21)20(27)23-16-3-4-18(29-2)17(22)13-16/h3-4,13,15H,5-12,14H2,1-2H3,(H,23,27)(H,24,26). The van der Waals surface area contributed by atoms with E-state index in [4.69, 9.17) is 14.2 Å². The van der Waals surface area contributed by atoms with E-state index in [1.54, 1.807) is 18.1 Å². The fourth-order valence-electron chi connectivity index (χ4n) is 3.98. The largest absolute Gasteiger partial charge is 0.494 e. The summed E-state index contributed by atoms with van der Waals surface area (Å²) in [5, 5.41) is 5.91. The summed E-state index contributed by atoms with van der Waals surface area (Å²) < 4.78 is 29.4. The predicted octanol–water partition coefficient (Wildman–Crippen LogP) is 2.39. The number of rotatable bonds is 7. The summed E-state index contributed by atoms with van der Waals surface area (Å²) in [6.07, 6.45) is 2.66. The number of amides is 3. The highest BCUT2D eigenvalue weighted by molar-refractivity contribution is 5.90. The van der Waals surface area contributed by atoms with E-state index in [-0.39, 0.29) is 23.6 Å². The van der Waals surface area contributed by atoms with Crippen molar-refractivity contribution in [3.63, 3.8) is 0 Å². The molecule has 2 aliphatic rings. The minimum atomic E-state index is -0.546. The smallest absolute Gasteiger partial charge is 0.321 e. The second kappa shape index (κ2) is 10.1. The molecule has 0 spiro atoms. The Kier molecular flexibility index (Phi) is 7.49. The molecular formula is C21H30FN3O5. The van der Waals surface area contributed by atoms with E-state index >= 15 is 0 Å². The Balaban J connectivity index is 1.63. The van der Waals surface area contributed by atoms with Crippen LogP contribution in [-0.2, 0) is 14.3 Å². The first-order valence-electron chi connectivity index (χ1n) is 10.2. The summed E-state index contributed by atoms with van der Waals surface area (Å²) in [7, 11) is 3.00. The molecule has 2 heterocycles. The molecule has 1 aromatic rings.